The summed E-state index contributed by atoms with van der Waals surface area (Å²) in [6.07, 6.45) is -3.31. The Kier molecular flexibility index (Phi) is 5.48. The van der Waals surface area contributed by atoms with Gasteiger partial charge in [-0.1, -0.05) is 16.8 Å². The highest BCUT2D eigenvalue weighted by molar-refractivity contribution is 6.33. The van der Waals surface area contributed by atoms with Gasteiger partial charge in [0.2, 0.25) is 0 Å². The van der Waals surface area contributed by atoms with Gasteiger partial charge >= 0.3 is 6.18 Å². The van der Waals surface area contributed by atoms with Crippen molar-refractivity contribution >= 4 is 17.3 Å². The minimum absolute atomic E-state index is 0.242. The Morgan fingerprint density at radius 2 is 1.89 bits per heavy atom. The number of aromatic nitrogens is 3. The largest absolute Gasteiger partial charge is 0.408 e. The van der Waals surface area contributed by atoms with Gasteiger partial charge in [0.05, 0.1) is 17.6 Å². The molecule has 0 amide bonds. The van der Waals surface area contributed by atoms with Crippen molar-refractivity contribution in [1.29, 1.82) is 0 Å². The normalized spacial score (nSPS) is 16.1. The maximum Gasteiger partial charge on any atom is 0.408 e. The number of aryl methyl sites for hydroxylation is 2. The molecule has 0 saturated carbocycles. The first-order chi connectivity index (χ1) is 12.7. The number of alkyl halides is 3. The van der Waals surface area contributed by atoms with Crippen LogP contribution in [-0.4, -0.2) is 52.2 Å². The third kappa shape index (κ3) is 4.44. The second-order valence-corrected chi connectivity index (χ2v) is 6.87. The molecule has 0 unspecified atom stereocenters. The first-order valence-corrected chi connectivity index (χ1v) is 8.75. The Bertz CT molecular complexity index is 852. The molecule has 3 heterocycles. The highest BCUT2D eigenvalue weighted by Crippen LogP contribution is 2.24. The number of rotatable bonds is 4. The number of anilines is 1. The van der Waals surface area contributed by atoms with E-state index in [2.05, 4.69) is 15.2 Å². The molecule has 0 aliphatic carbocycles. The average molecular weight is 406 g/mol. The van der Waals surface area contributed by atoms with Crippen molar-refractivity contribution < 1.29 is 17.7 Å². The second kappa shape index (κ2) is 7.51. The van der Waals surface area contributed by atoms with Gasteiger partial charge in [0.25, 0.3) is 5.56 Å². The summed E-state index contributed by atoms with van der Waals surface area (Å²) in [5, 5.41) is 7.33. The van der Waals surface area contributed by atoms with Crippen LogP contribution >= 0.6 is 11.6 Å². The van der Waals surface area contributed by atoms with Crippen LogP contribution in [0.1, 0.15) is 17.0 Å². The molecule has 11 heteroatoms. The summed E-state index contributed by atoms with van der Waals surface area (Å²) in [7, 11) is 0. The molecule has 0 atom stereocenters. The smallest absolute Gasteiger partial charge is 0.366 e. The quantitative estimate of drug-likeness (QED) is 0.778. The van der Waals surface area contributed by atoms with E-state index in [0.717, 1.165) is 17.0 Å². The van der Waals surface area contributed by atoms with Gasteiger partial charge in [-0.05, 0) is 13.8 Å². The molecular formula is C16H19ClF3N5O2. The van der Waals surface area contributed by atoms with Gasteiger partial charge in [0.15, 0.2) is 0 Å². The number of hydrogen-bond donors (Lipinski definition) is 0. The molecule has 1 aliphatic rings. The van der Waals surface area contributed by atoms with E-state index in [-0.39, 0.29) is 5.02 Å². The maximum atomic E-state index is 12.5. The molecule has 1 saturated heterocycles. The Hall–Kier alpha value is -2.07. The topological polar surface area (TPSA) is 67.4 Å². The van der Waals surface area contributed by atoms with E-state index in [1.165, 1.54) is 6.20 Å². The Labute approximate surface area is 158 Å². The predicted molar refractivity (Wildman–Crippen MR) is 93.0 cm³/mol. The minimum Gasteiger partial charge on any atom is -0.366 e. The fourth-order valence-electron chi connectivity index (χ4n) is 3.06. The molecule has 3 rings (SSSR count). The standard InChI is InChI=1S/C16H19ClF3N5O2/c1-10-12(11(2)27-22-10)8-23-3-5-24(6-4-23)13-7-21-25(9-16(18,19)20)15(26)14(13)17/h7H,3-6,8-9H2,1-2H3. The van der Waals surface area contributed by atoms with Crippen molar-refractivity contribution in [2.24, 2.45) is 0 Å². The van der Waals surface area contributed by atoms with Gasteiger partial charge in [-0.25, -0.2) is 4.68 Å². The van der Waals surface area contributed by atoms with E-state index in [0.29, 0.717) is 43.1 Å². The van der Waals surface area contributed by atoms with Crippen LogP contribution in [0.4, 0.5) is 18.9 Å². The van der Waals surface area contributed by atoms with Gasteiger partial charge in [-0.15, -0.1) is 0 Å². The Morgan fingerprint density at radius 3 is 2.44 bits per heavy atom. The zero-order valence-corrected chi connectivity index (χ0v) is 15.6. The summed E-state index contributed by atoms with van der Waals surface area (Å²) in [6, 6.07) is 0. The van der Waals surface area contributed by atoms with Gasteiger partial charge < -0.3 is 9.42 Å². The molecule has 0 aromatic carbocycles. The van der Waals surface area contributed by atoms with Crippen molar-refractivity contribution in [1.82, 2.24) is 19.8 Å². The second-order valence-electron chi connectivity index (χ2n) is 6.49. The molecular weight excluding hydrogens is 387 g/mol. The van der Waals surface area contributed by atoms with Crippen LogP contribution in [0.5, 0.6) is 0 Å². The van der Waals surface area contributed by atoms with Crippen LogP contribution in [0.2, 0.25) is 5.02 Å². The minimum atomic E-state index is -4.54. The molecule has 1 fully saturated rings. The Balaban J connectivity index is 1.67. The lowest BCUT2D eigenvalue weighted by Crippen LogP contribution is -2.46. The maximum absolute atomic E-state index is 12.5. The van der Waals surface area contributed by atoms with Crippen LogP contribution in [0.3, 0.4) is 0 Å². The van der Waals surface area contributed by atoms with E-state index >= 15 is 0 Å². The lowest BCUT2D eigenvalue weighted by atomic mass is 10.1. The fraction of sp³-hybridized carbons (Fsp3) is 0.562. The van der Waals surface area contributed by atoms with Gasteiger partial charge in [-0.2, -0.15) is 18.3 Å². The summed E-state index contributed by atoms with van der Waals surface area (Å²) in [5.74, 6) is 0.787. The average Bonchev–Trinajstić information content (AvgIpc) is 2.91. The first kappa shape index (κ1) is 19.7. The Morgan fingerprint density at radius 1 is 1.22 bits per heavy atom. The zero-order valence-electron chi connectivity index (χ0n) is 14.9. The molecule has 7 nitrogen and oxygen atoms in total. The number of piperazine rings is 1. The van der Waals surface area contributed by atoms with Gasteiger partial charge in [-0.3, -0.25) is 9.69 Å². The summed E-state index contributed by atoms with van der Waals surface area (Å²) >= 11 is 6.04. The summed E-state index contributed by atoms with van der Waals surface area (Å²) in [5.41, 5.74) is 1.33. The van der Waals surface area contributed by atoms with Crippen molar-refractivity contribution in [2.45, 2.75) is 33.1 Å². The van der Waals surface area contributed by atoms with Crippen LogP contribution in [0.15, 0.2) is 15.5 Å². The van der Waals surface area contributed by atoms with E-state index in [4.69, 9.17) is 16.1 Å². The molecule has 0 radical (unpaired) electrons. The molecule has 148 valence electrons. The van der Waals surface area contributed by atoms with Crippen molar-refractivity contribution in [3.63, 3.8) is 0 Å². The fourth-order valence-corrected chi connectivity index (χ4v) is 3.32. The number of nitrogens with zero attached hydrogens (tertiary/aromatic N) is 5. The lowest BCUT2D eigenvalue weighted by Gasteiger charge is -2.36. The number of halogens is 4. The predicted octanol–water partition coefficient (Wildman–Crippen LogP) is 2.39. The van der Waals surface area contributed by atoms with Gasteiger partial charge in [0.1, 0.15) is 17.3 Å². The van der Waals surface area contributed by atoms with Crippen LogP contribution in [0, 0.1) is 13.8 Å². The third-order valence-electron chi connectivity index (χ3n) is 4.57. The third-order valence-corrected chi connectivity index (χ3v) is 4.93. The molecule has 2 aromatic heterocycles. The highest BCUT2D eigenvalue weighted by atomic mass is 35.5. The van der Waals surface area contributed by atoms with E-state index in [9.17, 15) is 18.0 Å². The van der Waals surface area contributed by atoms with Crippen LogP contribution in [-0.2, 0) is 13.1 Å². The monoisotopic (exact) mass is 405 g/mol. The SMILES string of the molecule is Cc1noc(C)c1CN1CCN(c2cnn(CC(F)(F)F)c(=O)c2Cl)CC1. The molecule has 0 bridgehead atoms. The molecule has 27 heavy (non-hydrogen) atoms. The van der Waals surface area contributed by atoms with E-state index < -0.39 is 18.3 Å². The molecule has 2 aromatic rings. The summed E-state index contributed by atoms with van der Waals surface area (Å²) < 4.78 is 43.0. The zero-order chi connectivity index (χ0) is 19.8. The van der Waals surface area contributed by atoms with Crippen LogP contribution < -0.4 is 10.5 Å². The summed E-state index contributed by atoms with van der Waals surface area (Å²) in [4.78, 5) is 16.2. The van der Waals surface area contributed by atoms with Crippen LogP contribution in [0.25, 0.3) is 0 Å². The molecule has 1 aliphatic heterocycles. The van der Waals surface area contributed by atoms with Gasteiger partial charge in [0, 0.05) is 38.3 Å². The van der Waals surface area contributed by atoms with E-state index in [1.54, 1.807) is 0 Å². The molecule has 0 spiro atoms. The van der Waals surface area contributed by atoms with E-state index in [1.807, 2.05) is 18.7 Å². The van der Waals surface area contributed by atoms with Crippen molar-refractivity contribution in [3.05, 3.63) is 38.6 Å². The number of hydrogen-bond acceptors (Lipinski definition) is 6. The van der Waals surface area contributed by atoms with Crippen molar-refractivity contribution in [2.75, 3.05) is 31.1 Å². The lowest BCUT2D eigenvalue weighted by molar-refractivity contribution is -0.143. The summed E-state index contributed by atoms with van der Waals surface area (Å²) in [6.45, 7) is 5.56. The van der Waals surface area contributed by atoms with Crippen molar-refractivity contribution in [3.8, 4) is 0 Å². The molecule has 0 N–H and O–H groups in total. The first-order valence-electron chi connectivity index (χ1n) is 8.37. The highest BCUT2D eigenvalue weighted by Gasteiger charge is 2.30.